The van der Waals surface area contributed by atoms with Gasteiger partial charge in [-0.15, -0.1) is 0 Å². The van der Waals surface area contributed by atoms with E-state index >= 15 is 0 Å². The Hall–Kier alpha value is -2.57. The number of furan rings is 1. The van der Waals surface area contributed by atoms with Gasteiger partial charge in [0.25, 0.3) is 0 Å². The van der Waals surface area contributed by atoms with Crippen LogP contribution in [0.3, 0.4) is 0 Å². The molecule has 0 fully saturated rings. The molecule has 0 aliphatic carbocycles. The maximum Gasteiger partial charge on any atom is 0.374 e. The molecular formula is C10H7NO6. The Morgan fingerprint density at radius 1 is 1.35 bits per heavy atom. The standard InChI is InChI=1S/C10H7NO6/c1-15-10(14)7-3-2-6(16-7)5-4-8(9(12)13)17-11-5/h2-4H,1H3,(H,12,13). The van der Waals surface area contributed by atoms with Gasteiger partial charge in [-0.05, 0) is 12.1 Å². The van der Waals surface area contributed by atoms with Crippen molar-refractivity contribution < 1.29 is 28.4 Å². The first-order valence-corrected chi connectivity index (χ1v) is 4.50. The van der Waals surface area contributed by atoms with Crippen LogP contribution in [0.5, 0.6) is 0 Å². The molecule has 0 aliphatic rings. The molecule has 0 aromatic carbocycles. The molecule has 0 radical (unpaired) electrons. The van der Waals surface area contributed by atoms with Crippen molar-refractivity contribution in [3.8, 4) is 11.5 Å². The van der Waals surface area contributed by atoms with E-state index in [2.05, 4.69) is 14.4 Å². The minimum Gasteiger partial charge on any atom is -0.475 e. The fourth-order valence-electron chi connectivity index (χ4n) is 1.18. The summed E-state index contributed by atoms with van der Waals surface area (Å²) in [6.45, 7) is 0. The molecule has 2 aromatic rings. The third kappa shape index (κ3) is 2.03. The molecule has 0 bridgehead atoms. The molecule has 2 aromatic heterocycles. The monoisotopic (exact) mass is 237 g/mol. The first-order valence-electron chi connectivity index (χ1n) is 4.50. The molecule has 0 spiro atoms. The van der Waals surface area contributed by atoms with Gasteiger partial charge in [0.2, 0.25) is 11.5 Å². The molecule has 1 N–H and O–H groups in total. The average Bonchev–Trinajstić information content (AvgIpc) is 2.95. The van der Waals surface area contributed by atoms with Crippen molar-refractivity contribution in [2.24, 2.45) is 0 Å². The lowest BCUT2D eigenvalue weighted by molar-refractivity contribution is 0.0565. The smallest absolute Gasteiger partial charge is 0.374 e. The van der Waals surface area contributed by atoms with Gasteiger partial charge in [0.1, 0.15) is 5.69 Å². The Balaban J connectivity index is 2.30. The van der Waals surface area contributed by atoms with Crippen LogP contribution in [0, 0.1) is 0 Å². The van der Waals surface area contributed by atoms with Crippen molar-refractivity contribution in [2.75, 3.05) is 7.11 Å². The second-order valence-corrected chi connectivity index (χ2v) is 3.04. The largest absolute Gasteiger partial charge is 0.475 e. The van der Waals surface area contributed by atoms with Gasteiger partial charge >= 0.3 is 11.9 Å². The number of methoxy groups -OCH3 is 1. The zero-order valence-electron chi connectivity index (χ0n) is 8.67. The second-order valence-electron chi connectivity index (χ2n) is 3.04. The summed E-state index contributed by atoms with van der Waals surface area (Å²) in [5, 5.41) is 12.1. The van der Waals surface area contributed by atoms with Gasteiger partial charge in [-0.3, -0.25) is 0 Å². The van der Waals surface area contributed by atoms with E-state index < -0.39 is 11.9 Å². The van der Waals surface area contributed by atoms with Crippen LogP contribution in [0.4, 0.5) is 0 Å². The summed E-state index contributed by atoms with van der Waals surface area (Å²) in [6.07, 6.45) is 0. The normalized spacial score (nSPS) is 10.2. The topological polar surface area (TPSA) is 103 Å². The fourth-order valence-corrected chi connectivity index (χ4v) is 1.18. The SMILES string of the molecule is COC(=O)c1ccc(-c2cc(C(=O)O)on2)o1. The van der Waals surface area contributed by atoms with E-state index in [9.17, 15) is 9.59 Å². The van der Waals surface area contributed by atoms with E-state index in [1.165, 1.54) is 25.3 Å². The Labute approximate surface area is 94.6 Å². The molecule has 0 saturated carbocycles. The molecular weight excluding hydrogens is 230 g/mol. The van der Waals surface area contributed by atoms with Gasteiger partial charge in [0.15, 0.2) is 5.76 Å². The van der Waals surface area contributed by atoms with E-state index in [0.717, 1.165) is 0 Å². The van der Waals surface area contributed by atoms with Crippen molar-refractivity contribution >= 4 is 11.9 Å². The number of rotatable bonds is 3. The molecule has 0 saturated heterocycles. The van der Waals surface area contributed by atoms with Crippen molar-refractivity contribution in [1.29, 1.82) is 0 Å². The summed E-state index contributed by atoms with van der Waals surface area (Å²) in [5.74, 6) is -1.94. The van der Waals surface area contributed by atoms with E-state index in [1.807, 2.05) is 0 Å². The Kier molecular flexibility index (Phi) is 2.65. The molecule has 2 heterocycles. The first kappa shape index (κ1) is 10.9. The average molecular weight is 237 g/mol. The van der Waals surface area contributed by atoms with Gasteiger partial charge < -0.3 is 18.8 Å². The van der Waals surface area contributed by atoms with E-state index in [-0.39, 0.29) is 23.0 Å². The molecule has 88 valence electrons. The number of carbonyl (C=O) groups excluding carboxylic acids is 1. The van der Waals surface area contributed by atoms with Crippen LogP contribution in [-0.4, -0.2) is 29.3 Å². The number of nitrogens with zero attached hydrogens (tertiary/aromatic N) is 1. The van der Waals surface area contributed by atoms with Crippen LogP contribution in [0.1, 0.15) is 21.1 Å². The summed E-state index contributed by atoms with van der Waals surface area (Å²) in [5.41, 5.74) is 0.192. The Morgan fingerprint density at radius 2 is 2.12 bits per heavy atom. The van der Waals surface area contributed by atoms with Crippen molar-refractivity contribution in [1.82, 2.24) is 5.16 Å². The van der Waals surface area contributed by atoms with Crippen LogP contribution < -0.4 is 0 Å². The fraction of sp³-hybridized carbons (Fsp3) is 0.100. The van der Waals surface area contributed by atoms with Gasteiger partial charge in [0, 0.05) is 6.07 Å². The molecule has 0 atom stereocenters. The van der Waals surface area contributed by atoms with Crippen molar-refractivity contribution in [2.45, 2.75) is 0 Å². The highest BCUT2D eigenvalue weighted by molar-refractivity contribution is 5.87. The Bertz CT molecular complexity index is 567. The van der Waals surface area contributed by atoms with Crippen LogP contribution in [-0.2, 0) is 4.74 Å². The van der Waals surface area contributed by atoms with Crippen LogP contribution in [0.15, 0.2) is 27.1 Å². The van der Waals surface area contributed by atoms with Crippen molar-refractivity contribution in [3.05, 3.63) is 29.7 Å². The predicted molar refractivity (Wildman–Crippen MR) is 52.5 cm³/mol. The zero-order chi connectivity index (χ0) is 12.4. The lowest BCUT2D eigenvalue weighted by atomic mass is 10.3. The highest BCUT2D eigenvalue weighted by Gasteiger charge is 2.17. The number of aromatic carboxylic acids is 1. The van der Waals surface area contributed by atoms with Crippen LogP contribution in [0.25, 0.3) is 11.5 Å². The third-order valence-electron chi connectivity index (χ3n) is 1.97. The Morgan fingerprint density at radius 3 is 2.71 bits per heavy atom. The number of esters is 1. The van der Waals surface area contributed by atoms with E-state index in [0.29, 0.717) is 0 Å². The third-order valence-corrected chi connectivity index (χ3v) is 1.97. The number of carboxylic acid groups (broad SMARTS) is 1. The number of hydrogen-bond donors (Lipinski definition) is 1. The summed E-state index contributed by atoms with van der Waals surface area (Å²) in [7, 11) is 1.23. The molecule has 2 rings (SSSR count). The van der Waals surface area contributed by atoms with Crippen LogP contribution in [0.2, 0.25) is 0 Å². The second kappa shape index (κ2) is 4.12. The number of ether oxygens (including phenoxy) is 1. The minimum absolute atomic E-state index is 0.00220. The lowest BCUT2D eigenvalue weighted by Gasteiger charge is -1.92. The highest BCUT2D eigenvalue weighted by Crippen LogP contribution is 2.22. The van der Waals surface area contributed by atoms with Gasteiger partial charge in [-0.1, -0.05) is 5.16 Å². The minimum atomic E-state index is -1.23. The van der Waals surface area contributed by atoms with E-state index in [4.69, 9.17) is 9.52 Å². The maximum atomic E-state index is 11.1. The van der Waals surface area contributed by atoms with Gasteiger partial charge in [-0.25, -0.2) is 9.59 Å². The first-order chi connectivity index (χ1) is 8.11. The molecule has 17 heavy (non-hydrogen) atoms. The molecule has 7 heteroatoms. The number of aromatic nitrogens is 1. The maximum absolute atomic E-state index is 11.1. The molecule has 0 aliphatic heterocycles. The summed E-state index contributed by atoms with van der Waals surface area (Å²) < 4.78 is 14.1. The van der Waals surface area contributed by atoms with E-state index in [1.54, 1.807) is 0 Å². The van der Waals surface area contributed by atoms with Gasteiger partial charge in [0.05, 0.1) is 7.11 Å². The van der Waals surface area contributed by atoms with Crippen molar-refractivity contribution in [3.63, 3.8) is 0 Å². The lowest BCUT2D eigenvalue weighted by Crippen LogP contribution is -1.98. The highest BCUT2D eigenvalue weighted by atomic mass is 16.5. The number of hydrogen-bond acceptors (Lipinski definition) is 6. The molecule has 7 nitrogen and oxygen atoms in total. The number of carbonyl (C=O) groups is 2. The zero-order valence-corrected chi connectivity index (χ0v) is 8.67. The quantitative estimate of drug-likeness (QED) is 0.805. The van der Waals surface area contributed by atoms with Gasteiger partial charge in [-0.2, -0.15) is 0 Å². The summed E-state index contributed by atoms with van der Waals surface area (Å²) >= 11 is 0. The summed E-state index contributed by atoms with van der Waals surface area (Å²) in [4.78, 5) is 21.7. The molecule has 0 amide bonds. The van der Waals surface area contributed by atoms with Crippen LogP contribution >= 0.6 is 0 Å². The molecule has 0 unspecified atom stereocenters. The number of carboxylic acids is 1. The predicted octanol–water partition coefficient (Wildman–Crippen LogP) is 1.42. The summed E-state index contributed by atoms with van der Waals surface area (Å²) in [6, 6.07) is 4.06.